The Bertz CT molecular complexity index is 697. The van der Waals surface area contributed by atoms with Crippen molar-refractivity contribution in [2.45, 2.75) is 18.9 Å². The molecule has 1 heterocycles. The maximum absolute atomic E-state index is 12.5. The number of ether oxygens (including phenoxy) is 1. The van der Waals surface area contributed by atoms with Gasteiger partial charge in [0.15, 0.2) is 0 Å². The van der Waals surface area contributed by atoms with Crippen LogP contribution in [0.4, 0.5) is 0 Å². The molecule has 0 aliphatic carbocycles. The first-order valence-electron chi connectivity index (χ1n) is 7.52. The van der Waals surface area contributed by atoms with Gasteiger partial charge >= 0.3 is 5.97 Å². The molecule has 1 fully saturated rings. The number of rotatable bonds is 4. The van der Waals surface area contributed by atoms with Crippen LogP contribution in [0.5, 0.6) is 11.5 Å². The van der Waals surface area contributed by atoms with Crippen LogP contribution in [-0.2, 0) is 4.79 Å². The number of amides is 1. The van der Waals surface area contributed by atoms with Crippen molar-refractivity contribution in [2.24, 2.45) is 0 Å². The number of carboxylic acid groups (broad SMARTS) is 1. The van der Waals surface area contributed by atoms with Gasteiger partial charge in [0, 0.05) is 12.1 Å². The Morgan fingerprint density at radius 2 is 1.65 bits per heavy atom. The average Bonchev–Trinajstić information content (AvgIpc) is 3.06. The summed E-state index contributed by atoms with van der Waals surface area (Å²) in [6.45, 7) is 0.484. The van der Waals surface area contributed by atoms with Gasteiger partial charge in [-0.05, 0) is 49.2 Å². The maximum atomic E-state index is 12.5. The molecule has 0 spiro atoms. The van der Waals surface area contributed by atoms with E-state index in [1.165, 1.54) is 4.90 Å². The molecule has 0 bridgehead atoms. The average molecular weight is 311 g/mol. The SMILES string of the molecule is O=C(O)C1CCCN1C(=O)c1ccc(Oc2ccccc2)cc1. The summed E-state index contributed by atoms with van der Waals surface area (Å²) in [6.07, 6.45) is 1.23. The molecular formula is C18H17NO4. The minimum Gasteiger partial charge on any atom is -0.480 e. The van der Waals surface area contributed by atoms with Crippen molar-refractivity contribution in [1.29, 1.82) is 0 Å². The van der Waals surface area contributed by atoms with Crippen molar-refractivity contribution < 1.29 is 19.4 Å². The highest BCUT2D eigenvalue weighted by Crippen LogP contribution is 2.24. The van der Waals surface area contributed by atoms with Gasteiger partial charge in [-0.3, -0.25) is 4.79 Å². The molecule has 1 N–H and O–H groups in total. The molecule has 1 atom stereocenters. The van der Waals surface area contributed by atoms with Crippen molar-refractivity contribution in [2.75, 3.05) is 6.54 Å². The van der Waals surface area contributed by atoms with E-state index < -0.39 is 12.0 Å². The topological polar surface area (TPSA) is 66.8 Å². The highest BCUT2D eigenvalue weighted by molar-refractivity contribution is 5.97. The number of hydrogen-bond donors (Lipinski definition) is 1. The largest absolute Gasteiger partial charge is 0.480 e. The highest BCUT2D eigenvalue weighted by atomic mass is 16.5. The lowest BCUT2D eigenvalue weighted by Crippen LogP contribution is -2.40. The molecule has 1 unspecified atom stereocenters. The van der Waals surface area contributed by atoms with Crippen LogP contribution in [0.2, 0.25) is 0 Å². The van der Waals surface area contributed by atoms with Crippen molar-refractivity contribution in [3.8, 4) is 11.5 Å². The Morgan fingerprint density at radius 1 is 1.00 bits per heavy atom. The Morgan fingerprint density at radius 3 is 2.30 bits per heavy atom. The first-order valence-corrected chi connectivity index (χ1v) is 7.52. The fraction of sp³-hybridized carbons (Fsp3) is 0.222. The van der Waals surface area contributed by atoms with Gasteiger partial charge in [0.05, 0.1) is 0 Å². The third-order valence-corrected chi connectivity index (χ3v) is 3.88. The van der Waals surface area contributed by atoms with E-state index in [2.05, 4.69) is 0 Å². The van der Waals surface area contributed by atoms with Gasteiger partial charge in [-0.25, -0.2) is 4.79 Å². The Labute approximate surface area is 134 Å². The monoisotopic (exact) mass is 311 g/mol. The normalized spacial score (nSPS) is 17.0. The number of nitrogens with zero attached hydrogens (tertiary/aromatic N) is 1. The van der Waals surface area contributed by atoms with Crippen LogP contribution < -0.4 is 4.74 Å². The van der Waals surface area contributed by atoms with Crippen LogP contribution in [0.3, 0.4) is 0 Å². The van der Waals surface area contributed by atoms with Crippen molar-refractivity contribution in [3.63, 3.8) is 0 Å². The van der Waals surface area contributed by atoms with Gasteiger partial charge in [0.2, 0.25) is 0 Å². The summed E-state index contributed by atoms with van der Waals surface area (Å²) < 4.78 is 5.68. The second kappa shape index (κ2) is 6.52. The molecule has 3 rings (SSSR count). The number of hydrogen-bond acceptors (Lipinski definition) is 3. The molecule has 0 aromatic heterocycles. The summed E-state index contributed by atoms with van der Waals surface area (Å²) in [6, 6.07) is 15.4. The van der Waals surface area contributed by atoms with Crippen LogP contribution in [0.15, 0.2) is 54.6 Å². The summed E-state index contributed by atoms with van der Waals surface area (Å²) in [4.78, 5) is 25.1. The minimum absolute atomic E-state index is 0.249. The molecule has 2 aromatic rings. The number of likely N-dealkylation sites (tertiary alicyclic amines) is 1. The molecule has 0 saturated carbocycles. The van der Waals surface area contributed by atoms with Crippen molar-refractivity contribution >= 4 is 11.9 Å². The third kappa shape index (κ3) is 3.34. The molecule has 1 aliphatic rings. The zero-order chi connectivity index (χ0) is 16.2. The zero-order valence-electron chi connectivity index (χ0n) is 12.5. The summed E-state index contributed by atoms with van der Waals surface area (Å²) >= 11 is 0. The lowest BCUT2D eigenvalue weighted by atomic mass is 10.1. The lowest BCUT2D eigenvalue weighted by Gasteiger charge is -2.21. The standard InChI is InChI=1S/C18H17NO4/c20-17(19-12-4-7-16(19)18(21)22)13-8-10-15(11-9-13)23-14-5-2-1-3-6-14/h1-3,5-6,8-11,16H,4,7,12H2,(H,21,22). The van der Waals surface area contributed by atoms with Crippen LogP contribution in [-0.4, -0.2) is 34.5 Å². The molecule has 0 radical (unpaired) electrons. The zero-order valence-corrected chi connectivity index (χ0v) is 12.5. The van der Waals surface area contributed by atoms with E-state index in [0.717, 1.165) is 12.2 Å². The quantitative estimate of drug-likeness (QED) is 0.942. The van der Waals surface area contributed by atoms with E-state index in [0.29, 0.717) is 24.3 Å². The number of carbonyl (C=O) groups is 2. The fourth-order valence-electron chi connectivity index (χ4n) is 2.72. The number of carbonyl (C=O) groups excluding carboxylic acids is 1. The van der Waals surface area contributed by atoms with E-state index in [9.17, 15) is 14.7 Å². The predicted octanol–water partition coefficient (Wildman–Crippen LogP) is 3.17. The molecule has 118 valence electrons. The van der Waals surface area contributed by atoms with Gasteiger partial charge in [-0.2, -0.15) is 0 Å². The molecular weight excluding hydrogens is 294 g/mol. The van der Waals surface area contributed by atoms with Crippen LogP contribution >= 0.6 is 0 Å². The van der Waals surface area contributed by atoms with Gasteiger partial charge in [-0.15, -0.1) is 0 Å². The smallest absolute Gasteiger partial charge is 0.326 e. The Kier molecular flexibility index (Phi) is 4.28. The number of aliphatic carboxylic acids is 1. The lowest BCUT2D eigenvalue weighted by molar-refractivity contribution is -0.141. The first-order chi connectivity index (χ1) is 11.1. The molecule has 5 heteroatoms. The summed E-state index contributed by atoms with van der Waals surface area (Å²) in [5, 5.41) is 9.17. The highest BCUT2D eigenvalue weighted by Gasteiger charge is 2.34. The molecule has 5 nitrogen and oxygen atoms in total. The van der Waals surface area contributed by atoms with E-state index in [4.69, 9.17) is 4.74 Å². The number of benzene rings is 2. The van der Waals surface area contributed by atoms with Crippen LogP contribution in [0, 0.1) is 0 Å². The first kappa shape index (κ1) is 15.1. The van der Waals surface area contributed by atoms with Gasteiger partial charge in [-0.1, -0.05) is 18.2 Å². The third-order valence-electron chi connectivity index (χ3n) is 3.88. The molecule has 1 amide bonds. The van der Waals surface area contributed by atoms with Gasteiger partial charge in [0.1, 0.15) is 17.5 Å². The minimum atomic E-state index is -0.945. The van der Waals surface area contributed by atoms with E-state index in [1.807, 2.05) is 30.3 Å². The number of carboxylic acids is 1. The van der Waals surface area contributed by atoms with Gasteiger partial charge in [0.25, 0.3) is 5.91 Å². The van der Waals surface area contributed by atoms with E-state index in [1.54, 1.807) is 24.3 Å². The van der Waals surface area contributed by atoms with Crippen molar-refractivity contribution in [3.05, 3.63) is 60.2 Å². The second-order valence-electron chi connectivity index (χ2n) is 5.43. The Balaban J connectivity index is 1.72. The van der Waals surface area contributed by atoms with Crippen LogP contribution in [0.1, 0.15) is 23.2 Å². The molecule has 1 aliphatic heterocycles. The van der Waals surface area contributed by atoms with Crippen LogP contribution in [0.25, 0.3) is 0 Å². The molecule has 23 heavy (non-hydrogen) atoms. The summed E-state index contributed by atoms with van der Waals surface area (Å²) in [5.41, 5.74) is 0.471. The second-order valence-corrected chi connectivity index (χ2v) is 5.43. The summed E-state index contributed by atoms with van der Waals surface area (Å²) in [5.74, 6) is 0.155. The summed E-state index contributed by atoms with van der Waals surface area (Å²) in [7, 11) is 0. The van der Waals surface area contributed by atoms with E-state index >= 15 is 0 Å². The molecule has 2 aromatic carbocycles. The maximum Gasteiger partial charge on any atom is 0.326 e. The van der Waals surface area contributed by atoms with E-state index in [-0.39, 0.29) is 5.91 Å². The Hall–Kier alpha value is -2.82. The van der Waals surface area contributed by atoms with Crippen molar-refractivity contribution in [1.82, 2.24) is 4.90 Å². The van der Waals surface area contributed by atoms with Gasteiger partial charge < -0.3 is 14.7 Å². The number of para-hydroxylation sites is 1. The predicted molar refractivity (Wildman–Crippen MR) is 84.7 cm³/mol. The molecule has 1 saturated heterocycles. The fourth-order valence-corrected chi connectivity index (χ4v) is 2.72.